The van der Waals surface area contributed by atoms with Crippen molar-refractivity contribution < 1.29 is 18.9 Å². The number of ether oxygens (including phenoxy) is 4. The Morgan fingerprint density at radius 1 is 0.333 bits per heavy atom. The van der Waals surface area contributed by atoms with Gasteiger partial charge in [0.1, 0.15) is 49.4 Å². The zero-order valence-electron chi connectivity index (χ0n) is 55.2. The number of hydrogen-bond acceptors (Lipinski definition) is 8. The van der Waals surface area contributed by atoms with Crippen LogP contribution in [-0.4, -0.2) is 53.9 Å². The van der Waals surface area contributed by atoms with E-state index in [-0.39, 0.29) is 0 Å². The third-order valence-electron chi connectivity index (χ3n) is 19.8. The quantitative estimate of drug-likeness (QED) is 0.0702. The molecular weight excluding hydrogens is 1250 g/mol. The Bertz CT molecular complexity index is 4400. The molecule has 16 rings (SSSR count). The highest BCUT2D eigenvalue weighted by Gasteiger charge is 2.27. The molecule has 9 aromatic carbocycles. The topological polar surface area (TPSA) is 93.6 Å². The van der Waals surface area contributed by atoms with E-state index in [0.717, 1.165) is 75.0 Å². The van der Waals surface area contributed by atoms with Gasteiger partial charge in [-0.15, -0.1) is 0 Å². The Kier molecular flexibility index (Phi) is 21.3. The van der Waals surface area contributed by atoms with Crippen LogP contribution in [0.15, 0.2) is 229 Å². The van der Waals surface area contributed by atoms with E-state index in [1.54, 1.807) is 0 Å². The normalized spacial score (nSPS) is 15.4. The first-order chi connectivity index (χ1) is 47.5. The van der Waals surface area contributed by atoms with Crippen molar-refractivity contribution in [2.75, 3.05) is 19.6 Å². The fraction of sp³-hybridized carbons (Fsp3) is 0.321. The molecule has 0 atom stereocenters. The third-order valence-corrected chi connectivity index (χ3v) is 20.3. The van der Waals surface area contributed by atoms with Crippen LogP contribution >= 0.6 is 15.9 Å². The second-order valence-electron chi connectivity index (χ2n) is 26.5. The summed E-state index contributed by atoms with van der Waals surface area (Å²) in [5.74, 6) is 5.26. The molecular formula is C84H88BrN7O4. The monoisotopic (exact) mass is 1340 g/mol. The van der Waals surface area contributed by atoms with Crippen LogP contribution in [0.3, 0.4) is 0 Å². The van der Waals surface area contributed by atoms with Crippen LogP contribution in [0, 0.1) is 0 Å². The van der Waals surface area contributed by atoms with Crippen molar-refractivity contribution in [3.05, 3.63) is 274 Å². The molecule has 1 saturated heterocycles. The smallest absolute Gasteiger partial charge is 0.122 e. The van der Waals surface area contributed by atoms with Crippen molar-refractivity contribution in [3.63, 3.8) is 0 Å². The largest absolute Gasteiger partial charge is 0.489 e. The van der Waals surface area contributed by atoms with Gasteiger partial charge in [0.05, 0.1) is 52.4 Å². The Balaban J connectivity index is 0.000000125. The van der Waals surface area contributed by atoms with Crippen LogP contribution in [0.2, 0.25) is 0 Å². The van der Waals surface area contributed by atoms with Gasteiger partial charge in [-0.25, -0.2) is 4.68 Å². The number of nitrogens with zero attached hydrogens (tertiary/aromatic N) is 7. The van der Waals surface area contributed by atoms with E-state index >= 15 is 0 Å². The maximum atomic E-state index is 6.16. The number of hydrogen-bond donors (Lipinski definition) is 0. The lowest BCUT2D eigenvalue weighted by atomic mass is 10.0. The van der Waals surface area contributed by atoms with Crippen LogP contribution in [0.4, 0.5) is 0 Å². The number of halogens is 1. The van der Waals surface area contributed by atoms with Crippen molar-refractivity contribution in [3.8, 4) is 28.7 Å². The van der Waals surface area contributed by atoms with Crippen LogP contribution in [0.25, 0.3) is 38.4 Å². The van der Waals surface area contributed by atoms with Crippen molar-refractivity contribution in [2.45, 2.75) is 154 Å². The summed E-state index contributed by atoms with van der Waals surface area (Å²) in [6, 6.07) is 77.3. The second-order valence-corrected chi connectivity index (χ2v) is 27.5. The maximum absolute atomic E-state index is 6.16. The van der Waals surface area contributed by atoms with Gasteiger partial charge in [0, 0.05) is 63.1 Å². The minimum Gasteiger partial charge on any atom is -0.489 e. The number of aromatic nitrogens is 6. The molecule has 1 aliphatic heterocycles. The molecule has 0 amide bonds. The summed E-state index contributed by atoms with van der Waals surface area (Å²) in [5, 5.41) is 19.2. The summed E-state index contributed by atoms with van der Waals surface area (Å²) in [6.07, 6.45) is 19.4. The lowest BCUT2D eigenvalue weighted by Gasteiger charge is -2.26. The highest BCUT2D eigenvalue weighted by molar-refractivity contribution is 9.10. The third kappa shape index (κ3) is 16.3. The minimum atomic E-state index is 0.526. The summed E-state index contributed by atoms with van der Waals surface area (Å²) >= 11 is 3.53. The van der Waals surface area contributed by atoms with Crippen LogP contribution in [-0.2, 0) is 39.5 Å². The van der Waals surface area contributed by atoms with Crippen molar-refractivity contribution >= 4 is 48.6 Å². The van der Waals surface area contributed by atoms with Gasteiger partial charge in [-0.05, 0) is 165 Å². The molecule has 96 heavy (non-hydrogen) atoms. The average molecular weight is 1340 g/mol. The van der Waals surface area contributed by atoms with Crippen LogP contribution < -0.4 is 18.9 Å². The molecule has 4 fully saturated rings. The molecule has 3 aliphatic carbocycles. The highest BCUT2D eigenvalue weighted by atomic mass is 79.9. The van der Waals surface area contributed by atoms with Crippen LogP contribution in [0.5, 0.6) is 23.0 Å². The summed E-state index contributed by atoms with van der Waals surface area (Å²) in [7, 11) is 0. The summed E-state index contributed by atoms with van der Waals surface area (Å²) in [5.41, 5.74) is 14.2. The van der Waals surface area contributed by atoms with Gasteiger partial charge in [0.15, 0.2) is 0 Å². The van der Waals surface area contributed by atoms with E-state index in [9.17, 15) is 0 Å². The van der Waals surface area contributed by atoms with Gasteiger partial charge in [-0.2, -0.15) is 15.3 Å². The zero-order chi connectivity index (χ0) is 64.7. The van der Waals surface area contributed by atoms with Crippen LogP contribution in [0.1, 0.15) is 159 Å². The van der Waals surface area contributed by atoms with E-state index in [2.05, 4.69) is 187 Å². The van der Waals surface area contributed by atoms with Gasteiger partial charge < -0.3 is 23.8 Å². The van der Waals surface area contributed by atoms with Gasteiger partial charge >= 0.3 is 0 Å². The lowest BCUT2D eigenvalue weighted by Crippen LogP contribution is -2.32. The Labute approximate surface area is 574 Å². The molecule has 12 heteroatoms. The first-order valence-corrected chi connectivity index (χ1v) is 36.0. The van der Waals surface area contributed by atoms with E-state index < -0.39 is 0 Å². The molecule has 0 radical (unpaired) electrons. The molecule has 4 heterocycles. The Morgan fingerprint density at radius 2 is 0.708 bits per heavy atom. The first-order valence-electron chi connectivity index (χ1n) is 35.2. The lowest BCUT2D eigenvalue weighted by molar-refractivity contribution is 0.218. The predicted molar refractivity (Wildman–Crippen MR) is 391 cm³/mol. The summed E-state index contributed by atoms with van der Waals surface area (Å²) in [4.78, 5) is 2.60. The summed E-state index contributed by atoms with van der Waals surface area (Å²) in [6.45, 7) is 7.56. The van der Waals surface area contributed by atoms with Gasteiger partial charge in [0.2, 0.25) is 0 Å². The van der Waals surface area contributed by atoms with Crippen molar-refractivity contribution in [2.24, 2.45) is 0 Å². The molecule has 490 valence electrons. The highest BCUT2D eigenvalue weighted by Crippen LogP contribution is 2.42. The SMILES string of the molecule is Brc1ccc(Cn2nc(C3CCCC3)c3ccc(OCc4ccccc4)cc32)cc1.c1ccc(COc2ccc(-n3nc(C4CCCC4)c4ccc(OCc5ccccc5)cc43)cc2)cc1.c1ccc(COc2ccc3c(C4CCCC4)nn(CCN4CCCCC4)c3c2)cc1. The van der Waals surface area contributed by atoms with Gasteiger partial charge in [0.25, 0.3) is 0 Å². The molecule has 0 spiro atoms. The van der Waals surface area contributed by atoms with E-state index in [0.29, 0.717) is 44.2 Å². The fourth-order valence-electron chi connectivity index (χ4n) is 14.6. The first kappa shape index (κ1) is 64.4. The molecule has 3 saturated carbocycles. The maximum Gasteiger partial charge on any atom is 0.122 e. The minimum absolute atomic E-state index is 0.526. The number of piperidine rings is 1. The molecule has 3 aromatic heterocycles. The second kappa shape index (κ2) is 31.7. The number of benzene rings is 9. The number of rotatable bonds is 21. The molecule has 11 nitrogen and oxygen atoms in total. The standard InChI is InChI=1S/C32H30N2O2.C26H25BrN2O.C26H33N3O/c1-3-9-24(10-4-1)22-35-28-17-15-27(16-18-28)34-31-21-29(36-23-25-11-5-2-6-12-25)19-20-30(31)32(33-34)26-13-7-8-14-26;27-22-12-10-19(11-13-22)17-29-25-16-23(30-18-20-6-2-1-3-7-20)14-15-24(25)26(28-29)21-8-4-5-9-21;1-3-9-21(10-4-1)20-30-23-13-14-24-25(19-23)29(18-17-28-15-7-2-8-16-28)27-26(24)22-11-5-6-12-22/h1-6,9-12,15-21,26H,7-8,13-14,22-23H2;1-3,6-7,10-16,21H,4-5,8-9,17-18H2;1,3-4,9-10,13-14,19,22H,2,5-8,11-12,15-18,20H2. The van der Waals surface area contributed by atoms with E-state index in [1.807, 2.05) is 72.8 Å². The molecule has 4 aliphatic rings. The predicted octanol–water partition coefficient (Wildman–Crippen LogP) is 20.7. The number of likely N-dealkylation sites (tertiary alicyclic amines) is 1. The molecule has 0 bridgehead atoms. The van der Waals surface area contributed by atoms with Gasteiger partial charge in [-0.3, -0.25) is 9.36 Å². The zero-order valence-corrected chi connectivity index (χ0v) is 56.8. The number of fused-ring (bicyclic) bond motifs is 3. The average Bonchev–Trinajstić information content (AvgIpc) is 1.64. The van der Waals surface area contributed by atoms with E-state index in [4.69, 9.17) is 34.2 Å². The summed E-state index contributed by atoms with van der Waals surface area (Å²) < 4.78 is 32.0. The van der Waals surface area contributed by atoms with Crippen molar-refractivity contribution in [1.29, 1.82) is 0 Å². The van der Waals surface area contributed by atoms with Gasteiger partial charge in [-0.1, -0.05) is 194 Å². The molecule has 0 N–H and O–H groups in total. The Morgan fingerprint density at radius 3 is 1.16 bits per heavy atom. The van der Waals surface area contributed by atoms with E-state index in [1.165, 1.54) is 165 Å². The molecule has 12 aromatic rings. The Hall–Kier alpha value is -8.97. The van der Waals surface area contributed by atoms with Crippen molar-refractivity contribution in [1.82, 2.24) is 34.2 Å². The fourth-order valence-corrected chi connectivity index (χ4v) is 14.8. The molecule has 0 unspecified atom stereocenters.